The van der Waals surface area contributed by atoms with Gasteiger partial charge in [0.25, 0.3) is 5.91 Å². The van der Waals surface area contributed by atoms with E-state index in [0.29, 0.717) is 35.4 Å². The standard InChI is InChI=1S/C30H27FN2O2/c1-18-11-13-21(14-12-18)28-27(30(35)33-24-10-6-9-23(31)17-24)19(2)32-25-15-22(16-26(34)29(25)28)20-7-4-3-5-8-20/h3-14,17,22,28,32H,15-16H2,1-2H3,(H,33,35)/t22-,28-/m0/s1. The van der Waals surface area contributed by atoms with E-state index in [1.807, 2.05) is 56.3 Å². The molecule has 1 heterocycles. The number of aryl methyl sites for hydroxylation is 1. The first-order valence-corrected chi connectivity index (χ1v) is 11.8. The number of dihydropyridines is 1. The Morgan fingerprint density at radius 2 is 1.66 bits per heavy atom. The molecule has 3 aromatic rings. The Bertz CT molecular complexity index is 1360. The number of anilines is 1. The fourth-order valence-electron chi connectivity index (χ4n) is 5.16. The molecule has 2 N–H and O–H groups in total. The number of hydrogen-bond donors (Lipinski definition) is 2. The van der Waals surface area contributed by atoms with Crippen molar-refractivity contribution in [3.05, 3.63) is 124 Å². The van der Waals surface area contributed by atoms with Crippen molar-refractivity contribution in [1.29, 1.82) is 0 Å². The lowest BCUT2D eigenvalue weighted by atomic mass is 9.71. The van der Waals surface area contributed by atoms with Crippen molar-refractivity contribution >= 4 is 17.4 Å². The number of carbonyl (C=O) groups excluding carboxylic acids is 2. The number of amides is 1. The number of halogens is 1. The van der Waals surface area contributed by atoms with Crippen molar-refractivity contribution in [3.8, 4) is 0 Å². The molecule has 1 aliphatic carbocycles. The van der Waals surface area contributed by atoms with Gasteiger partial charge in [0.15, 0.2) is 5.78 Å². The molecular weight excluding hydrogens is 439 g/mol. The number of allylic oxidation sites excluding steroid dienone is 3. The minimum Gasteiger partial charge on any atom is -0.362 e. The lowest BCUT2D eigenvalue weighted by Crippen LogP contribution is -2.37. The molecule has 2 aliphatic rings. The van der Waals surface area contributed by atoms with Crippen LogP contribution < -0.4 is 10.6 Å². The Balaban J connectivity index is 1.56. The van der Waals surface area contributed by atoms with Gasteiger partial charge in [-0.25, -0.2) is 4.39 Å². The van der Waals surface area contributed by atoms with Crippen molar-refractivity contribution < 1.29 is 14.0 Å². The lowest BCUT2D eigenvalue weighted by molar-refractivity contribution is -0.116. The van der Waals surface area contributed by atoms with Crippen molar-refractivity contribution in [3.63, 3.8) is 0 Å². The number of benzene rings is 3. The van der Waals surface area contributed by atoms with E-state index < -0.39 is 11.7 Å². The first-order chi connectivity index (χ1) is 16.9. The number of Topliss-reactive ketones (excluding diaryl/α,β-unsaturated/α-hetero) is 1. The lowest BCUT2D eigenvalue weighted by Gasteiger charge is -2.37. The first kappa shape index (κ1) is 22.8. The summed E-state index contributed by atoms with van der Waals surface area (Å²) in [6, 6.07) is 23.8. The van der Waals surface area contributed by atoms with Crippen LogP contribution in [0.15, 0.2) is 101 Å². The Hall–Kier alpha value is -3.99. The van der Waals surface area contributed by atoms with Gasteiger partial charge in [0.2, 0.25) is 0 Å². The zero-order valence-electron chi connectivity index (χ0n) is 19.8. The second kappa shape index (κ2) is 9.34. The largest absolute Gasteiger partial charge is 0.362 e. The van der Waals surface area contributed by atoms with E-state index in [9.17, 15) is 14.0 Å². The highest BCUT2D eigenvalue weighted by molar-refractivity contribution is 6.10. The summed E-state index contributed by atoms with van der Waals surface area (Å²) in [5.74, 6) is -1.14. The average molecular weight is 467 g/mol. The Morgan fingerprint density at radius 1 is 0.914 bits per heavy atom. The molecule has 0 unspecified atom stereocenters. The van der Waals surface area contributed by atoms with Crippen LogP contribution in [0.25, 0.3) is 0 Å². The highest BCUT2D eigenvalue weighted by atomic mass is 19.1. The van der Waals surface area contributed by atoms with Crippen LogP contribution in [-0.2, 0) is 9.59 Å². The summed E-state index contributed by atoms with van der Waals surface area (Å²) in [4.78, 5) is 27.2. The molecule has 35 heavy (non-hydrogen) atoms. The molecule has 176 valence electrons. The molecule has 5 heteroatoms. The summed E-state index contributed by atoms with van der Waals surface area (Å²) < 4.78 is 13.7. The maximum absolute atomic E-state index is 13.7. The van der Waals surface area contributed by atoms with Crippen LogP contribution in [-0.4, -0.2) is 11.7 Å². The zero-order chi connectivity index (χ0) is 24.5. The maximum atomic E-state index is 13.7. The molecule has 3 aromatic carbocycles. The monoisotopic (exact) mass is 466 g/mol. The predicted molar refractivity (Wildman–Crippen MR) is 135 cm³/mol. The van der Waals surface area contributed by atoms with Gasteiger partial charge in [-0.2, -0.15) is 0 Å². The molecule has 1 aliphatic heterocycles. The van der Waals surface area contributed by atoms with Crippen molar-refractivity contribution in [2.45, 2.75) is 38.5 Å². The van der Waals surface area contributed by atoms with E-state index in [1.165, 1.54) is 12.1 Å². The topological polar surface area (TPSA) is 58.2 Å². The first-order valence-electron chi connectivity index (χ1n) is 11.8. The van der Waals surface area contributed by atoms with E-state index in [2.05, 4.69) is 22.8 Å². The van der Waals surface area contributed by atoms with Crippen LogP contribution in [0.3, 0.4) is 0 Å². The number of carbonyl (C=O) groups is 2. The third-order valence-electron chi connectivity index (χ3n) is 6.84. The number of nitrogens with one attached hydrogen (secondary N) is 2. The van der Waals surface area contributed by atoms with Crippen LogP contribution in [0, 0.1) is 12.7 Å². The Labute approximate surface area is 204 Å². The third kappa shape index (κ3) is 4.54. The van der Waals surface area contributed by atoms with E-state index in [-0.39, 0.29) is 17.6 Å². The fraction of sp³-hybridized carbons (Fsp3) is 0.200. The molecule has 0 radical (unpaired) electrons. The Kier molecular flexibility index (Phi) is 6.08. The molecule has 0 fully saturated rings. The smallest absolute Gasteiger partial charge is 0.254 e. The van der Waals surface area contributed by atoms with Crippen molar-refractivity contribution in [1.82, 2.24) is 5.32 Å². The van der Waals surface area contributed by atoms with Gasteiger partial charge in [0, 0.05) is 40.6 Å². The fourth-order valence-corrected chi connectivity index (χ4v) is 5.16. The molecule has 0 saturated heterocycles. The van der Waals surface area contributed by atoms with Crippen molar-refractivity contribution in [2.75, 3.05) is 5.32 Å². The second-order valence-electron chi connectivity index (χ2n) is 9.30. The summed E-state index contributed by atoms with van der Waals surface area (Å²) in [7, 11) is 0. The molecule has 4 nitrogen and oxygen atoms in total. The minimum absolute atomic E-state index is 0.0433. The predicted octanol–water partition coefficient (Wildman–Crippen LogP) is 6.13. The molecule has 0 spiro atoms. The SMILES string of the molecule is CC1=C(C(=O)Nc2cccc(F)c2)[C@H](c2ccc(C)cc2)C2=C(C[C@H](c3ccccc3)CC2=O)N1. The molecule has 2 atom stereocenters. The molecule has 0 aromatic heterocycles. The normalized spacial score (nSPS) is 19.8. The third-order valence-corrected chi connectivity index (χ3v) is 6.84. The van der Waals surface area contributed by atoms with Crippen molar-refractivity contribution in [2.24, 2.45) is 0 Å². The van der Waals surface area contributed by atoms with Gasteiger partial charge in [-0.05, 0) is 55.5 Å². The van der Waals surface area contributed by atoms with Gasteiger partial charge in [0.1, 0.15) is 5.82 Å². The number of rotatable bonds is 4. The van der Waals surface area contributed by atoms with E-state index >= 15 is 0 Å². The molecular formula is C30H27FN2O2. The van der Waals surface area contributed by atoms with Crippen LogP contribution in [0.4, 0.5) is 10.1 Å². The zero-order valence-corrected chi connectivity index (χ0v) is 19.8. The van der Waals surface area contributed by atoms with Crippen LogP contribution in [0.5, 0.6) is 0 Å². The summed E-state index contributed by atoms with van der Waals surface area (Å²) in [6.45, 7) is 3.87. The summed E-state index contributed by atoms with van der Waals surface area (Å²) in [5.41, 5.74) is 6.20. The van der Waals surface area contributed by atoms with E-state index in [0.717, 1.165) is 22.4 Å². The van der Waals surface area contributed by atoms with Gasteiger partial charge in [-0.3, -0.25) is 9.59 Å². The summed E-state index contributed by atoms with van der Waals surface area (Å²) in [5, 5.41) is 6.22. The average Bonchev–Trinajstić information content (AvgIpc) is 2.84. The Morgan fingerprint density at radius 3 is 2.37 bits per heavy atom. The molecule has 0 saturated carbocycles. The van der Waals surface area contributed by atoms with Gasteiger partial charge in [-0.1, -0.05) is 66.2 Å². The van der Waals surface area contributed by atoms with Crippen LogP contribution >= 0.6 is 0 Å². The maximum Gasteiger partial charge on any atom is 0.254 e. The van der Waals surface area contributed by atoms with Gasteiger partial charge in [-0.15, -0.1) is 0 Å². The molecule has 0 bridgehead atoms. The van der Waals surface area contributed by atoms with Crippen LogP contribution in [0.1, 0.15) is 48.3 Å². The summed E-state index contributed by atoms with van der Waals surface area (Å²) >= 11 is 0. The van der Waals surface area contributed by atoms with Crippen LogP contribution in [0.2, 0.25) is 0 Å². The highest BCUT2D eigenvalue weighted by Crippen LogP contribution is 2.45. The van der Waals surface area contributed by atoms with Gasteiger partial charge < -0.3 is 10.6 Å². The quantitative estimate of drug-likeness (QED) is 0.486. The van der Waals surface area contributed by atoms with E-state index in [4.69, 9.17) is 0 Å². The molecule has 5 rings (SSSR count). The number of hydrogen-bond acceptors (Lipinski definition) is 3. The van der Waals surface area contributed by atoms with Gasteiger partial charge in [0.05, 0.1) is 0 Å². The molecule has 1 amide bonds. The second-order valence-corrected chi connectivity index (χ2v) is 9.30. The highest BCUT2D eigenvalue weighted by Gasteiger charge is 2.40. The van der Waals surface area contributed by atoms with Gasteiger partial charge >= 0.3 is 0 Å². The minimum atomic E-state index is -0.496. The van der Waals surface area contributed by atoms with E-state index in [1.54, 1.807) is 12.1 Å². The summed E-state index contributed by atoms with van der Waals surface area (Å²) in [6.07, 6.45) is 1.09. The number of ketones is 1.